The van der Waals surface area contributed by atoms with Crippen molar-refractivity contribution in [3.8, 4) is 5.75 Å². The lowest BCUT2D eigenvalue weighted by atomic mass is 10.2. The fraction of sp³-hybridized carbons (Fsp3) is 0.0625. The molecule has 0 radical (unpaired) electrons. The van der Waals surface area contributed by atoms with Crippen LogP contribution in [0.3, 0.4) is 0 Å². The second kappa shape index (κ2) is 7.11. The maximum atomic E-state index is 10.8. The monoisotopic (exact) mass is 269 g/mol. The van der Waals surface area contributed by atoms with E-state index in [2.05, 4.69) is 0 Å². The Morgan fingerprint density at radius 1 is 1.10 bits per heavy atom. The second-order valence-electron chi connectivity index (χ2n) is 4.15. The summed E-state index contributed by atoms with van der Waals surface area (Å²) in [6.07, 6.45) is 2.85. The van der Waals surface area contributed by atoms with Crippen LogP contribution in [0.25, 0.3) is 6.08 Å². The smallest absolute Gasteiger partial charge is 0.267 e. The molecule has 4 heteroatoms. The van der Waals surface area contributed by atoms with Crippen LogP contribution < -0.4 is 10.2 Å². The molecule has 1 amide bonds. The van der Waals surface area contributed by atoms with Crippen molar-refractivity contribution in [1.29, 1.82) is 0 Å². The number of hydrogen-bond acceptors (Lipinski definition) is 3. The van der Waals surface area contributed by atoms with Crippen molar-refractivity contribution in [3.63, 3.8) is 0 Å². The summed E-state index contributed by atoms with van der Waals surface area (Å²) in [4.78, 5) is 10.8. The van der Waals surface area contributed by atoms with E-state index in [0.29, 0.717) is 6.61 Å². The highest BCUT2D eigenvalue weighted by molar-refractivity contribution is 5.90. The molecule has 0 aliphatic heterocycles. The molecule has 2 rings (SSSR count). The Morgan fingerprint density at radius 2 is 1.80 bits per heavy atom. The van der Waals surface area contributed by atoms with E-state index in [1.807, 2.05) is 54.6 Å². The van der Waals surface area contributed by atoms with Crippen LogP contribution in [0.5, 0.6) is 5.75 Å². The summed E-state index contributed by atoms with van der Waals surface area (Å²) in [5.41, 5.74) is 3.49. The van der Waals surface area contributed by atoms with Crippen molar-refractivity contribution < 1.29 is 14.7 Å². The van der Waals surface area contributed by atoms with E-state index in [0.717, 1.165) is 16.9 Å². The maximum Gasteiger partial charge on any atom is 0.267 e. The van der Waals surface area contributed by atoms with Gasteiger partial charge in [0.15, 0.2) is 0 Å². The zero-order valence-electron chi connectivity index (χ0n) is 10.8. The summed E-state index contributed by atoms with van der Waals surface area (Å²) in [6, 6.07) is 17.3. The predicted molar refractivity (Wildman–Crippen MR) is 76.2 cm³/mol. The highest BCUT2D eigenvalue weighted by Gasteiger charge is 1.96. The fourth-order valence-corrected chi connectivity index (χ4v) is 1.63. The van der Waals surface area contributed by atoms with E-state index >= 15 is 0 Å². The lowest BCUT2D eigenvalue weighted by Crippen LogP contribution is -2.14. The first-order chi connectivity index (χ1) is 9.78. The van der Waals surface area contributed by atoms with Crippen molar-refractivity contribution in [2.45, 2.75) is 6.61 Å². The number of ether oxygens (including phenoxy) is 1. The molecule has 2 aromatic rings. The van der Waals surface area contributed by atoms with E-state index in [4.69, 9.17) is 9.94 Å². The highest BCUT2D eigenvalue weighted by atomic mass is 16.5. The molecule has 4 nitrogen and oxygen atoms in total. The van der Waals surface area contributed by atoms with E-state index in [1.54, 1.807) is 6.08 Å². The Hall–Kier alpha value is -2.59. The third-order valence-corrected chi connectivity index (χ3v) is 2.67. The van der Waals surface area contributed by atoms with Crippen molar-refractivity contribution in [3.05, 3.63) is 71.8 Å². The first-order valence-corrected chi connectivity index (χ1v) is 6.17. The van der Waals surface area contributed by atoms with Crippen LogP contribution in [-0.2, 0) is 11.4 Å². The number of carbonyl (C=O) groups excluding carboxylic acids is 1. The van der Waals surface area contributed by atoms with E-state index < -0.39 is 5.91 Å². The molecule has 0 aromatic heterocycles. The maximum absolute atomic E-state index is 10.8. The van der Waals surface area contributed by atoms with Gasteiger partial charge in [-0.15, -0.1) is 0 Å². The van der Waals surface area contributed by atoms with Gasteiger partial charge in [-0.2, -0.15) is 0 Å². The zero-order valence-corrected chi connectivity index (χ0v) is 10.8. The van der Waals surface area contributed by atoms with Crippen LogP contribution in [0.2, 0.25) is 0 Å². The van der Waals surface area contributed by atoms with Crippen molar-refractivity contribution in [2.75, 3.05) is 0 Å². The number of amides is 1. The molecule has 0 aliphatic carbocycles. The molecule has 0 spiro atoms. The van der Waals surface area contributed by atoms with Crippen molar-refractivity contribution >= 4 is 12.0 Å². The van der Waals surface area contributed by atoms with E-state index in [-0.39, 0.29) is 0 Å². The van der Waals surface area contributed by atoms with Gasteiger partial charge < -0.3 is 4.74 Å². The van der Waals surface area contributed by atoms with Gasteiger partial charge in [0, 0.05) is 6.08 Å². The minimum Gasteiger partial charge on any atom is -0.489 e. The van der Waals surface area contributed by atoms with Gasteiger partial charge in [-0.05, 0) is 29.3 Å². The molecule has 0 unspecified atom stereocenters. The molecule has 2 N–H and O–H groups in total. The lowest BCUT2D eigenvalue weighted by Gasteiger charge is -2.06. The van der Waals surface area contributed by atoms with Crippen molar-refractivity contribution in [1.82, 2.24) is 5.48 Å². The number of nitrogens with one attached hydrogen (secondary N) is 1. The highest BCUT2D eigenvalue weighted by Crippen LogP contribution is 2.15. The van der Waals surface area contributed by atoms with Gasteiger partial charge in [-0.25, -0.2) is 5.48 Å². The largest absolute Gasteiger partial charge is 0.489 e. The average molecular weight is 269 g/mol. The Bertz CT molecular complexity index is 576. The molecule has 0 fully saturated rings. The Kier molecular flexibility index (Phi) is 4.92. The van der Waals surface area contributed by atoms with Crippen LogP contribution in [0.15, 0.2) is 60.7 Å². The molecule has 0 saturated carbocycles. The predicted octanol–water partition coefficient (Wildman–Crippen LogP) is 2.78. The van der Waals surface area contributed by atoms with Crippen LogP contribution in [0, 0.1) is 0 Å². The molecule has 2 aromatic carbocycles. The quantitative estimate of drug-likeness (QED) is 0.498. The number of rotatable bonds is 5. The summed E-state index contributed by atoms with van der Waals surface area (Å²) in [6.45, 7) is 0.517. The molecule has 0 aliphatic rings. The third-order valence-electron chi connectivity index (χ3n) is 2.67. The third kappa shape index (κ3) is 4.26. The van der Waals surface area contributed by atoms with E-state index in [9.17, 15) is 4.79 Å². The molecule has 0 heterocycles. The first kappa shape index (κ1) is 13.8. The molecule has 102 valence electrons. The first-order valence-electron chi connectivity index (χ1n) is 6.17. The molecule has 0 atom stereocenters. The summed E-state index contributed by atoms with van der Waals surface area (Å²) >= 11 is 0. The average Bonchev–Trinajstić information content (AvgIpc) is 2.52. The number of hydrogen-bond donors (Lipinski definition) is 2. The lowest BCUT2D eigenvalue weighted by molar-refractivity contribution is -0.124. The van der Waals surface area contributed by atoms with Gasteiger partial charge in [0.1, 0.15) is 12.4 Å². The second-order valence-corrected chi connectivity index (χ2v) is 4.15. The summed E-state index contributed by atoms with van der Waals surface area (Å²) in [5.74, 6) is 0.201. The van der Waals surface area contributed by atoms with Gasteiger partial charge in [0.05, 0.1) is 0 Å². The Labute approximate surface area is 117 Å². The normalized spacial score (nSPS) is 10.4. The van der Waals surface area contributed by atoms with Gasteiger partial charge >= 0.3 is 0 Å². The Balaban J connectivity index is 1.91. The minimum atomic E-state index is -0.561. The molecule has 0 bridgehead atoms. The van der Waals surface area contributed by atoms with Gasteiger partial charge in [-0.3, -0.25) is 10.0 Å². The van der Waals surface area contributed by atoms with Crippen molar-refractivity contribution in [2.24, 2.45) is 0 Å². The molecular weight excluding hydrogens is 254 g/mol. The zero-order chi connectivity index (χ0) is 14.2. The number of benzene rings is 2. The molecular formula is C16H15NO3. The number of carbonyl (C=O) groups is 1. The van der Waals surface area contributed by atoms with Gasteiger partial charge in [-0.1, -0.05) is 42.5 Å². The summed E-state index contributed by atoms with van der Waals surface area (Å²) < 4.78 is 5.65. The fourth-order valence-electron chi connectivity index (χ4n) is 1.63. The summed E-state index contributed by atoms with van der Waals surface area (Å²) in [5, 5.41) is 8.36. The molecule has 20 heavy (non-hydrogen) atoms. The van der Waals surface area contributed by atoms with E-state index in [1.165, 1.54) is 11.6 Å². The SMILES string of the molecule is O=C(/C=C/c1ccc(OCc2ccccc2)cc1)NO. The minimum absolute atomic E-state index is 0.517. The van der Waals surface area contributed by atoms with Crippen LogP contribution in [0.1, 0.15) is 11.1 Å². The standard InChI is InChI=1S/C16H15NO3/c18-16(17-19)11-8-13-6-9-15(10-7-13)20-12-14-4-2-1-3-5-14/h1-11,19H,12H2,(H,17,18)/b11-8+. The van der Waals surface area contributed by atoms with Gasteiger partial charge in [0.2, 0.25) is 0 Å². The Morgan fingerprint density at radius 3 is 2.45 bits per heavy atom. The number of hydroxylamine groups is 1. The van der Waals surface area contributed by atoms with Gasteiger partial charge in [0.25, 0.3) is 5.91 Å². The van der Waals surface area contributed by atoms with Crippen LogP contribution in [-0.4, -0.2) is 11.1 Å². The topological polar surface area (TPSA) is 58.6 Å². The summed E-state index contributed by atoms with van der Waals surface area (Å²) in [7, 11) is 0. The van der Waals surface area contributed by atoms with Crippen LogP contribution in [0.4, 0.5) is 0 Å². The molecule has 0 saturated heterocycles. The van der Waals surface area contributed by atoms with Crippen LogP contribution >= 0.6 is 0 Å².